The van der Waals surface area contributed by atoms with Gasteiger partial charge in [0.1, 0.15) is 6.61 Å². The van der Waals surface area contributed by atoms with Crippen molar-refractivity contribution >= 4 is 39.1 Å². The van der Waals surface area contributed by atoms with Crippen molar-refractivity contribution < 1.29 is 14.3 Å². The molecule has 1 amide bonds. The molecule has 6 heteroatoms. The van der Waals surface area contributed by atoms with E-state index in [2.05, 4.69) is 21.2 Å². The molecule has 0 spiro atoms. The average Bonchev–Trinajstić information content (AvgIpc) is 2.68. The highest BCUT2D eigenvalue weighted by atomic mass is 79.9. The van der Waals surface area contributed by atoms with Crippen LogP contribution in [0.15, 0.2) is 65.1 Å². The number of rotatable bonds is 7. The summed E-state index contributed by atoms with van der Waals surface area (Å²) in [6.45, 7) is 4.78. The van der Waals surface area contributed by atoms with E-state index in [4.69, 9.17) is 21.1 Å². The van der Waals surface area contributed by atoms with E-state index in [1.54, 1.807) is 36.4 Å². The van der Waals surface area contributed by atoms with Crippen molar-refractivity contribution in [1.82, 2.24) is 0 Å². The number of anilines is 1. The van der Waals surface area contributed by atoms with Crippen molar-refractivity contribution in [3.05, 3.63) is 86.8 Å². The predicted molar refractivity (Wildman–Crippen MR) is 120 cm³/mol. The third-order valence-corrected chi connectivity index (χ3v) is 4.98. The number of ether oxygens (including phenoxy) is 2. The number of carbonyl (C=O) groups excluding carboxylic acids is 1. The maximum absolute atomic E-state index is 12.7. The minimum Gasteiger partial charge on any atom is -0.490 e. The summed E-state index contributed by atoms with van der Waals surface area (Å²) >= 11 is 9.50. The molecular weight excluding hydrogens is 454 g/mol. The van der Waals surface area contributed by atoms with E-state index in [0.29, 0.717) is 45.5 Å². The molecule has 0 atom stereocenters. The van der Waals surface area contributed by atoms with Crippen LogP contribution in [0.4, 0.5) is 5.69 Å². The predicted octanol–water partition coefficient (Wildman–Crippen LogP) is 6.64. The zero-order valence-electron chi connectivity index (χ0n) is 16.2. The van der Waals surface area contributed by atoms with Crippen LogP contribution in [0, 0.1) is 6.92 Å². The fourth-order valence-electron chi connectivity index (χ4n) is 2.71. The van der Waals surface area contributed by atoms with Gasteiger partial charge in [-0.1, -0.05) is 47.5 Å². The summed E-state index contributed by atoms with van der Waals surface area (Å²) in [5.74, 6) is 0.802. The molecule has 0 aromatic heterocycles. The standard InChI is InChI=1S/C23H21BrClNO3/c1-3-28-21-12-17(23(27)26-19-6-4-5-18(25)13-19)11-20(24)22(21)29-14-16-9-7-15(2)8-10-16/h4-13H,3,14H2,1-2H3,(H,26,27). The van der Waals surface area contributed by atoms with Gasteiger partial charge in [0, 0.05) is 16.3 Å². The summed E-state index contributed by atoms with van der Waals surface area (Å²) in [4.78, 5) is 12.7. The first kappa shape index (κ1) is 21.2. The summed E-state index contributed by atoms with van der Waals surface area (Å²) < 4.78 is 12.4. The second-order valence-electron chi connectivity index (χ2n) is 6.46. The highest BCUT2D eigenvalue weighted by Gasteiger charge is 2.16. The van der Waals surface area contributed by atoms with Crippen LogP contribution in [-0.2, 0) is 6.61 Å². The Kier molecular flexibility index (Phi) is 7.18. The van der Waals surface area contributed by atoms with Gasteiger partial charge in [-0.25, -0.2) is 0 Å². The Morgan fingerprint density at radius 1 is 1.07 bits per heavy atom. The Morgan fingerprint density at radius 3 is 2.52 bits per heavy atom. The highest BCUT2D eigenvalue weighted by Crippen LogP contribution is 2.37. The SMILES string of the molecule is CCOc1cc(C(=O)Nc2cccc(Cl)c2)cc(Br)c1OCc1ccc(C)cc1. The van der Waals surface area contributed by atoms with Gasteiger partial charge in [0.25, 0.3) is 5.91 Å². The maximum Gasteiger partial charge on any atom is 0.255 e. The quantitative estimate of drug-likeness (QED) is 0.417. The first-order valence-electron chi connectivity index (χ1n) is 9.18. The van der Waals surface area contributed by atoms with E-state index in [-0.39, 0.29) is 5.91 Å². The minimum atomic E-state index is -0.265. The first-order chi connectivity index (χ1) is 14.0. The maximum atomic E-state index is 12.7. The lowest BCUT2D eigenvalue weighted by Crippen LogP contribution is -2.12. The van der Waals surface area contributed by atoms with Gasteiger partial charge < -0.3 is 14.8 Å². The van der Waals surface area contributed by atoms with Crippen LogP contribution < -0.4 is 14.8 Å². The van der Waals surface area contributed by atoms with Gasteiger partial charge in [-0.2, -0.15) is 0 Å². The minimum absolute atomic E-state index is 0.265. The number of hydrogen-bond donors (Lipinski definition) is 1. The summed E-state index contributed by atoms with van der Waals surface area (Å²) in [6, 6.07) is 18.5. The Bertz CT molecular complexity index is 1010. The Hall–Kier alpha value is -2.50. The van der Waals surface area contributed by atoms with Gasteiger partial charge in [-0.15, -0.1) is 0 Å². The number of halogens is 2. The summed E-state index contributed by atoms with van der Waals surface area (Å²) in [6.07, 6.45) is 0. The molecule has 0 unspecified atom stereocenters. The number of carbonyl (C=O) groups is 1. The van der Waals surface area contributed by atoms with Crippen molar-refractivity contribution in [2.45, 2.75) is 20.5 Å². The fourth-order valence-corrected chi connectivity index (χ4v) is 3.46. The number of amides is 1. The van der Waals surface area contributed by atoms with E-state index in [0.717, 1.165) is 5.56 Å². The molecule has 0 radical (unpaired) electrons. The van der Waals surface area contributed by atoms with Crippen LogP contribution >= 0.6 is 27.5 Å². The van der Waals surface area contributed by atoms with Gasteiger partial charge in [0.2, 0.25) is 0 Å². The average molecular weight is 475 g/mol. The third-order valence-electron chi connectivity index (χ3n) is 4.16. The molecule has 3 rings (SSSR count). The molecule has 0 aliphatic carbocycles. The lowest BCUT2D eigenvalue weighted by atomic mass is 10.1. The number of aryl methyl sites for hydroxylation is 1. The molecule has 150 valence electrons. The second kappa shape index (κ2) is 9.81. The first-order valence-corrected chi connectivity index (χ1v) is 10.3. The Morgan fingerprint density at radius 2 is 1.83 bits per heavy atom. The zero-order chi connectivity index (χ0) is 20.8. The van der Waals surface area contributed by atoms with Gasteiger partial charge in [0.05, 0.1) is 11.1 Å². The lowest BCUT2D eigenvalue weighted by Gasteiger charge is -2.16. The molecule has 29 heavy (non-hydrogen) atoms. The lowest BCUT2D eigenvalue weighted by molar-refractivity contribution is 0.102. The summed E-state index contributed by atoms with van der Waals surface area (Å²) in [7, 11) is 0. The van der Waals surface area contributed by atoms with Gasteiger partial charge in [-0.3, -0.25) is 4.79 Å². The van der Waals surface area contributed by atoms with Crippen molar-refractivity contribution in [3.8, 4) is 11.5 Å². The molecule has 0 saturated carbocycles. The van der Waals surface area contributed by atoms with Crippen molar-refractivity contribution in [2.75, 3.05) is 11.9 Å². The monoisotopic (exact) mass is 473 g/mol. The molecule has 3 aromatic carbocycles. The number of hydrogen-bond acceptors (Lipinski definition) is 3. The topological polar surface area (TPSA) is 47.6 Å². The molecule has 4 nitrogen and oxygen atoms in total. The van der Waals surface area contributed by atoms with E-state index in [1.165, 1.54) is 5.56 Å². The molecule has 0 heterocycles. The van der Waals surface area contributed by atoms with Crippen LogP contribution in [0.25, 0.3) is 0 Å². The Labute approximate surface area is 183 Å². The molecular formula is C23H21BrClNO3. The molecule has 0 bridgehead atoms. The third kappa shape index (κ3) is 5.75. The molecule has 0 fully saturated rings. The summed E-state index contributed by atoms with van der Waals surface area (Å²) in [5, 5.41) is 3.39. The summed E-state index contributed by atoms with van der Waals surface area (Å²) in [5.41, 5.74) is 3.31. The molecule has 0 aliphatic heterocycles. The van der Waals surface area contributed by atoms with Crippen LogP contribution in [-0.4, -0.2) is 12.5 Å². The second-order valence-corrected chi connectivity index (χ2v) is 7.75. The molecule has 3 aromatic rings. The van der Waals surface area contributed by atoms with Crippen molar-refractivity contribution in [2.24, 2.45) is 0 Å². The van der Waals surface area contributed by atoms with Crippen LogP contribution in [0.5, 0.6) is 11.5 Å². The van der Waals surface area contributed by atoms with E-state index >= 15 is 0 Å². The largest absolute Gasteiger partial charge is 0.490 e. The van der Waals surface area contributed by atoms with Gasteiger partial charge >= 0.3 is 0 Å². The highest BCUT2D eigenvalue weighted by molar-refractivity contribution is 9.10. The van der Waals surface area contributed by atoms with Gasteiger partial charge in [-0.05, 0) is 65.7 Å². The number of benzene rings is 3. The van der Waals surface area contributed by atoms with E-state index in [9.17, 15) is 4.79 Å². The normalized spacial score (nSPS) is 10.5. The molecule has 0 aliphatic rings. The Balaban J connectivity index is 1.81. The molecule has 0 saturated heterocycles. The van der Waals surface area contributed by atoms with E-state index in [1.807, 2.05) is 38.1 Å². The number of nitrogens with one attached hydrogen (secondary N) is 1. The van der Waals surface area contributed by atoms with Crippen LogP contribution in [0.2, 0.25) is 5.02 Å². The van der Waals surface area contributed by atoms with Crippen LogP contribution in [0.1, 0.15) is 28.4 Å². The van der Waals surface area contributed by atoms with E-state index < -0.39 is 0 Å². The zero-order valence-corrected chi connectivity index (χ0v) is 18.5. The smallest absolute Gasteiger partial charge is 0.255 e. The molecule has 1 N–H and O–H groups in total. The van der Waals surface area contributed by atoms with Crippen LogP contribution in [0.3, 0.4) is 0 Å². The fraction of sp³-hybridized carbons (Fsp3) is 0.174. The van der Waals surface area contributed by atoms with Gasteiger partial charge in [0.15, 0.2) is 11.5 Å². The van der Waals surface area contributed by atoms with Crippen molar-refractivity contribution in [3.63, 3.8) is 0 Å². The van der Waals surface area contributed by atoms with Crippen molar-refractivity contribution in [1.29, 1.82) is 0 Å².